The Morgan fingerprint density at radius 1 is 1.00 bits per heavy atom. The lowest BCUT2D eigenvalue weighted by atomic mass is 9.92. The summed E-state index contributed by atoms with van der Waals surface area (Å²) in [5, 5.41) is 0. The first-order valence-electron chi connectivity index (χ1n) is 6.72. The molecule has 0 fully saturated rings. The van der Waals surface area contributed by atoms with Crippen molar-refractivity contribution in [3.8, 4) is 5.75 Å². The molecule has 0 radical (unpaired) electrons. The molecule has 2 aromatic carbocycles. The summed E-state index contributed by atoms with van der Waals surface area (Å²) in [5.41, 5.74) is 8.51. The topological polar surface area (TPSA) is 35.2 Å². The quantitative estimate of drug-likeness (QED) is 0.859. The normalized spacial score (nSPS) is 12.1. The van der Waals surface area contributed by atoms with Gasteiger partial charge in [-0.2, -0.15) is 0 Å². The Kier molecular flexibility index (Phi) is 4.99. The first kappa shape index (κ1) is 13.6. The highest BCUT2D eigenvalue weighted by Gasteiger charge is 2.14. The molecule has 0 heterocycles. The molecule has 0 spiro atoms. The minimum Gasteiger partial charge on any atom is -0.496 e. The molecule has 2 heteroatoms. The summed E-state index contributed by atoms with van der Waals surface area (Å²) in [7, 11) is 1.71. The van der Waals surface area contributed by atoms with Crippen molar-refractivity contribution in [2.24, 2.45) is 5.73 Å². The van der Waals surface area contributed by atoms with Crippen LogP contribution in [-0.4, -0.2) is 13.7 Å². The summed E-state index contributed by atoms with van der Waals surface area (Å²) in [6.07, 6.45) is 2.08. The van der Waals surface area contributed by atoms with Gasteiger partial charge in [0.05, 0.1) is 7.11 Å². The van der Waals surface area contributed by atoms with Crippen LogP contribution in [0.15, 0.2) is 54.6 Å². The van der Waals surface area contributed by atoms with Crippen molar-refractivity contribution in [1.29, 1.82) is 0 Å². The SMILES string of the molecule is COc1ccccc1C(CN)CCc1ccccc1. The van der Waals surface area contributed by atoms with Gasteiger partial charge in [-0.05, 0) is 36.6 Å². The Balaban J connectivity index is 2.08. The van der Waals surface area contributed by atoms with Crippen molar-refractivity contribution in [2.45, 2.75) is 18.8 Å². The number of para-hydroxylation sites is 1. The van der Waals surface area contributed by atoms with Gasteiger partial charge >= 0.3 is 0 Å². The zero-order valence-electron chi connectivity index (χ0n) is 11.4. The van der Waals surface area contributed by atoms with E-state index >= 15 is 0 Å². The largest absolute Gasteiger partial charge is 0.496 e. The minimum atomic E-state index is 0.344. The van der Waals surface area contributed by atoms with Gasteiger partial charge in [0.25, 0.3) is 0 Å². The number of benzene rings is 2. The standard InChI is InChI=1S/C17H21NO/c1-19-17-10-6-5-9-16(17)15(13-18)12-11-14-7-3-2-4-8-14/h2-10,15H,11-13,18H2,1H3. The molecule has 0 saturated heterocycles. The van der Waals surface area contributed by atoms with Gasteiger partial charge < -0.3 is 10.5 Å². The van der Waals surface area contributed by atoms with Crippen molar-refractivity contribution in [2.75, 3.05) is 13.7 Å². The van der Waals surface area contributed by atoms with E-state index in [0.717, 1.165) is 18.6 Å². The van der Waals surface area contributed by atoms with Gasteiger partial charge in [0, 0.05) is 5.92 Å². The summed E-state index contributed by atoms with van der Waals surface area (Å²) in [5.74, 6) is 1.28. The average Bonchev–Trinajstić information content (AvgIpc) is 2.49. The summed E-state index contributed by atoms with van der Waals surface area (Å²) in [6, 6.07) is 18.7. The average molecular weight is 255 g/mol. The zero-order chi connectivity index (χ0) is 13.5. The molecule has 0 saturated carbocycles. The lowest BCUT2D eigenvalue weighted by Crippen LogP contribution is -2.14. The third-order valence-corrected chi connectivity index (χ3v) is 3.49. The van der Waals surface area contributed by atoms with Gasteiger partial charge in [0.1, 0.15) is 5.75 Å². The van der Waals surface area contributed by atoms with Crippen LogP contribution in [0.2, 0.25) is 0 Å². The number of aryl methyl sites for hydroxylation is 1. The first-order chi connectivity index (χ1) is 9.35. The predicted octanol–water partition coefficient (Wildman–Crippen LogP) is 3.37. The van der Waals surface area contributed by atoms with E-state index in [1.54, 1.807) is 7.11 Å². The second-order valence-electron chi connectivity index (χ2n) is 4.70. The molecule has 2 aromatic rings. The van der Waals surface area contributed by atoms with E-state index in [9.17, 15) is 0 Å². The molecule has 19 heavy (non-hydrogen) atoms. The zero-order valence-corrected chi connectivity index (χ0v) is 11.4. The van der Waals surface area contributed by atoms with Gasteiger partial charge in [0.2, 0.25) is 0 Å². The number of rotatable bonds is 6. The molecule has 0 aromatic heterocycles. The van der Waals surface area contributed by atoms with Gasteiger partial charge in [-0.25, -0.2) is 0 Å². The van der Waals surface area contributed by atoms with Crippen LogP contribution in [0.25, 0.3) is 0 Å². The Morgan fingerprint density at radius 2 is 1.68 bits per heavy atom. The van der Waals surface area contributed by atoms with E-state index in [1.165, 1.54) is 11.1 Å². The van der Waals surface area contributed by atoms with Crippen molar-refractivity contribution in [3.63, 3.8) is 0 Å². The summed E-state index contributed by atoms with van der Waals surface area (Å²) in [6.45, 7) is 0.646. The predicted molar refractivity (Wildman–Crippen MR) is 79.6 cm³/mol. The monoisotopic (exact) mass is 255 g/mol. The van der Waals surface area contributed by atoms with Crippen LogP contribution in [-0.2, 0) is 6.42 Å². The van der Waals surface area contributed by atoms with Crippen LogP contribution in [0.4, 0.5) is 0 Å². The molecule has 0 aliphatic heterocycles. The third-order valence-electron chi connectivity index (χ3n) is 3.49. The van der Waals surface area contributed by atoms with Crippen molar-refractivity contribution in [1.82, 2.24) is 0 Å². The first-order valence-corrected chi connectivity index (χ1v) is 6.72. The highest BCUT2D eigenvalue weighted by Crippen LogP contribution is 2.29. The molecule has 2 nitrogen and oxygen atoms in total. The minimum absolute atomic E-state index is 0.344. The Hall–Kier alpha value is -1.80. The number of nitrogens with two attached hydrogens (primary N) is 1. The summed E-state index contributed by atoms with van der Waals surface area (Å²) in [4.78, 5) is 0. The molecule has 1 unspecified atom stereocenters. The van der Waals surface area contributed by atoms with Gasteiger partial charge in [-0.3, -0.25) is 0 Å². The number of methoxy groups -OCH3 is 1. The fourth-order valence-corrected chi connectivity index (χ4v) is 2.39. The number of ether oxygens (including phenoxy) is 1. The fourth-order valence-electron chi connectivity index (χ4n) is 2.39. The van der Waals surface area contributed by atoms with E-state index in [1.807, 2.05) is 24.3 Å². The number of hydrogen-bond acceptors (Lipinski definition) is 2. The van der Waals surface area contributed by atoms with Crippen LogP contribution >= 0.6 is 0 Å². The maximum Gasteiger partial charge on any atom is 0.122 e. The highest BCUT2D eigenvalue weighted by molar-refractivity contribution is 5.36. The molecule has 0 aliphatic rings. The van der Waals surface area contributed by atoms with Crippen LogP contribution in [0.5, 0.6) is 5.75 Å². The Bertz CT molecular complexity index is 496. The molecule has 2 rings (SSSR count). The maximum absolute atomic E-state index is 5.94. The molecular formula is C17H21NO. The van der Waals surface area contributed by atoms with Crippen molar-refractivity contribution < 1.29 is 4.74 Å². The van der Waals surface area contributed by atoms with Gasteiger partial charge in [0.15, 0.2) is 0 Å². The lowest BCUT2D eigenvalue weighted by molar-refractivity contribution is 0.404. The Labute approximate surface area is 115 Å². The fraction of sp³-hybridized carbons (Fsp3) is 0.294. The van der Waals surface area contributed by atoms with Crippen LogP contribution in [0, 0.1) is 0 Å². The van der Waals surface area contributed by atoms with Crippen molar-refractivity contribution >= 4 is 0 Å². The second-order valence-corrected chi connectivity index (χ2v) is 4.70. The summed E-state index contributed by atoms with van der Waals surface area (Å²) >= 11 is 0. The van der Waals surface area contributed by atoms with E-state index < -0.39 is 0 Å². The Morgan fingerprint density at radius 3 is 2.37 bits per heavy atom. The van der Waals surface area contributed by atoms with Crippen LogP contribution < -0.4 is 10.5 Å². The molecule has 0 aliphatic carbocycles. The van der Waals surface area contributed by atoms with Crippen LogP contribution in [0.1, 0.15) is 23.5 Å². The highest BCUT2D eigenvalue weighted by atomic mass is 16.5. The van der Waals surface area contributed by atoms with E-state index in [2.05, 4.69) is 30.3 Å². The van der Waals surface area contributed by atoms with Crippen molar-refractivity contribution in [3.05, 3.63) is 65.7 Å². The molecule has 0 bridgehead atoms. The van der Waals surface area contributed by atoms with E-state index in [-0.39, 0.29) is 0 Å². The smallest absolute Gasteiger partial charge is 0.122 e. The summed E-state index contributed by atoms with van der Waals surface area (Å²) < 4.78 is 5.42. The molecular weight excluding hydrogens is 234 g/mol. The lowest BCUT2D eigenvalue weighted by Gasteiger charge is -2.18. The number of hydrogen-bond donors (Lipinski definition) is 1. The van der Waals surface area contributed by atoms with Gasteiger partial charge in [-0.1, -0.05) is 48.5 Å². The van der Waals surface area contributed by atoms with Gasteiger partial charge in [-0.15, -0.1) is 0 Å². The molecule has 100 valence electrons. The molecule has 1 atom stereocenters. The van der Waals surface area contributed by atoms with Crippen LogP contribution in [0.3, 0.4) is 0 Å². The molecule has 0 amide bonds. The second kappa shape index (κ2) is 6.95. The van der Waals surface area contributed by atoms with E-state index in [4.69, 9.17) is 10.5 Å². The third kappa shape index (κ3) is 3.58. The molecule has 2 N–H and O–H groups in total. The maximum atomic E-state index is 5.94. The van der Waals surface area contributed by atoms with E-state index in [0.29, 0.717) is 12.5 Å².